The predicted molar refractivity (Wildman–Crippen MR) is 256 cm³/mol. The lowest BCUT2D eigenvalue weighted by atomic mass is 9.89. The Labute approximate surface area is 350 Å². The average molecular weight is 775 g/mol. The summed E-state index contributed by atoms with van der Waals surface area (Å²) in [6.07, 6.45) is 0. The fourth-order valence-corrected chi connectivity index (χ4v) is 9.95. The van der Waals surface area contributed by atoms with Gasteiger partial charge in [-0.2, -0.15) is 0 Å². The van der Waals surface area contributed by atoms with Crippen LogP contribution < -0.4 is 0 Å². The van der Waals surface area contributed by atoms with Gasteiger partial charge in [0.15, 0.2) is 0 Å². The minimum absolute atomic E-state index is 0.868. The lowest BCUT2D eigenvalue weighted by Gasteiger charge is -2.16. The maximum atomic E-state index is 7.28. The van der Waals surface area contributed by atoms with Crippen molar-refractivity contribution in [2.75, 3.05) is 0 Å². The molecule has 13 rings (SSSR count). The third-order valence-electron chi connectivity index (χ3n) is 12.6. The summed E-state index contributed by atoms with van der Waals surface area (Å²) in [4.78, 5) is 10.6. The Hall–Kier alpha value is -8.14. The molecule has 0 saturated carbocycles. The molecule has 0 amide bonds. The van der Waals surface area contributed by atoms with Crippen molar-refractivity contribution < 1.29 is 4.42 Å². The second-order valence-electron chi connectivity index (χ2n) is 15.9. The van der Waals surface area contributed by atoms with E-state index in [1.54, 1.807) is 0 Å². The molecule has 61 heavy (non-hydrogen) atoms. The zero-order valence-electron chi connectivity index (χ0n) is 32.9. The van der Waals surface area contributed by atoms with Crippen LogP contribution in [0.25, 0.3) is 132 Å². The number of aromatic nitrogens is 2. The van der Waals surface area contributed by atoms with Crippen LogP contribution in [0.5, 0.6) is 0 Å². The molecule has 0 aliphatic carbocycles. The highest BCUT2D eigenvalue weighted by atomic mass is 16.3. The third kappa shape index (κ3) is 5.04. The van der Waals surface area contributed by atoms with E-state index in [0.29, 0.717) is 0 Å². The van der Waals surface area contributed by atoms with Crippen molar-refractivity contribution in [1.82, 2.24) is 9.97 Å². The molecule has 13 aromatic rings. The molecule has 0 spiro atoms. The normalized spacial score (nSPS) is 11.9. The van der Waals surface area contributed by atoms with Crippen molar-refractivity contribution in [3.63, 3.8) is 0 Å². The molecule has 0 radical (unpaired) electrons. The molecule has 0 fully saturated rings. The predicted octanol–water partition coefficient (Wildman–Crippen LogP) is 16.0. The van der Waals surface area contributed by atoms with Crippen molar-refractivity contribution in [1.29, 1.82) is 0 Å². The molecule has 0 bridgehead atoms. The van der Waals surface area contributed by atoms with Gasteiger partial charge in [-0.3, -0.25) is 0 Å². The van der Waals surface area contributed by atoms with E-state index in [1.807, 2.05) is 0 Å². The number of hydrogen-bond donors (Lipinski definition) is 0. The van der Waals surface area contributed by atoms with Crippen LogP contribution in [0.15, 0.2) is 211 Å². The summed E-state index contributed by atoms with van der Waals surface area (Å²) in [7, 11) is 0. The largest absolute Gasteiger partial charge is 0.455 e. The van der Waals surface area contributed by atoms with Gasteiger partial charge in [0.05, 0.1) is 22.4 Å². The fraction of sp³-hybridized carbons (Fsp3) is 0. The van der Waals surface area contributed by atoms with Gasteiger partial charge in [0.2, 0.25) is 0 Å². The maximum Gasteiger partial charge on any atom is 0.143 e. The monoisotopic (exact) mass is 774 g/mol. The van der Waals surface area contributed by atoms with Gasteiger partial charge in [0.25, 0.3) is 0 Å². The molecule has 0 aliphatic rings. The zero-order chi connectivity index (χ0) is 40.0. The molecule has 0 atom stereocenters. The van der Waals surface area contributed by atoms with E-state index in [4.69, 9.17) is 14.4 Å². The van der Waals surface area contributed by atoms with Crippen molar-refractivity contribution >= 4 is 86.8 Å². The Morgan fingerprint density at radius 3 is 1.07 bits per heavy atom. The van der Waals surface area contributed by atoms with Crippen molar-refractivity contribution in [3.05, 3.63) is 206 Å². The topological polar surface area (TPSA) is 38.9 Å². The van der Waals surface area contributed by atoms with Gasteiger partial charge in [0.1, 0.15) is 11.2 Å². The van der Waals surface area contributed by atoms with Gasteiger partial charge >= 0.3 is 0 Å². The van der Waals surface area contributed by atoms with Crippen molar-refractivity contribution in [2.45, 2.75) is 0 Å². The molecule has 3 aromatic heterocycles. The molecule has 3 heterocycles. The summed E-state index contributed by atoms with van der Waals surface area (Å²) in [5, 5.41) is 13.8. The van der Waals surface area contributed by atoms with Crippen LogP contribution in [0.4, 0.5) is 0 Å². The Bertz CT molecular complexity index is 3670. The average Bonchev–Trinajstić information content (AvgIpc) is 3.73. The van der Waals surface area contributed by atoms with E-state index < -0.39 is 0 Å². The Morgan fingerprint density at radius 1 is 0.262 bits per heavy atom. The maximum absolute atomic E-state index is 7.28. The SMILES string of the molecule is c1ccc(-c2nc3ccccc3c3c2cc(-c2cccc4c2oc2c(-c5cc6c(-c7ccccc7)nc7ccccc7c6c6ccccc56)cccc24)c2ccccc23)cc1. The molecule has 10 aromatic carbocycles. The Balaban J connectivity index is 1.11. The molecule has 0 N–H and O–H groups in total. The van der Waals surface area contributed by atoms with Gasteiger partial charge < -0.3 is 4.42 Å². The highest BCUT2D eigenvalue weighted by Crippen LogP contribution is 2.48. The minimum atomic E-state index is 0.868. The molecular formula is C58H34N2O. The standard InChI is InChI=1S/C58H34N2O/c1-3-17-35(18-4-1)55-49-33-47(37-21-7-9-23-39(37)53(49)45-25-11-13-31-51(45)59-55)43-29-15-27-41-42-28-16-30-44(58(42)61-57(41)43)48-34-50-54(40-24-10-8-22-38(40)48)46-26-12-14-32-52(46)60-56(50)36-19-5-2-6-20-36/h1-34H. The van der Waals surface area contributed by atoms with E-state index in [1.165, 1.54) is 32.3 Å². The quantitative estimate of drug-likeness (QED) is 0.167. The van der Waals surface area contributed by atoms with Crippen LogP contribution in [-0.2, 0) is 0 Å². The molecular weight excluding hydrogens is 741 g/mol. The van der Waals surface area contributed by atoms with E-state index in [2.05, 4.69) is 206 Å². The number of hydrogen-bond acceptors (Lipinski definition) is 3. The smallest absolute Gasteiger partial charge is 0.143 e. The Kier molecular flexibility index (Phi) is 7.31. The number of pyridine rings is 2. The van der Waals surface area contributed by atoms with E-state index >= 15 is 0 Å². The van der Waals surface area contributed by atoms with Crippen LogP contribution in [0.1, 0.15) is 0 Å². The summed E-state index contributed by atoms with van der Waals surface area (Å²) in [6.45, 7) is 0. The number of para-hydroxylation sites is 4. The number of nitrogens with zero attached hydrogens (tertiary/aromatic N) is 2. The van der Waals surface area contributed by atoms with Crippen molar-refractivity contribution in [3.8, 4) is 44.8 Å². The molecule has 0 aliphatic heterocycles. The van der Waals surface area contributed by atoms with Crippen LogP contribution in [-0.4, -0.2) is 9.97 Å². The van der Waals surface area contributed by atoms with Crippen molar-refractivity contribution in [2.24, 2.45) is 0 Å². The highest BCUT2D eigenvalue weighted by Gasteiger charge is 2.22. The first kappa shape index (κ1) is 33.8. The van der Waals surface area contributed by atoms with Gasteiger partial charge in [-0.05, 0) is 56.9 Å². The first-order chi connectivity index (χ1) is 30.3. The van der Waals surface area contributed by atoms with Gasteiger partial charge in [-0.1, -0.05) is 182 Å². The molecule has 3 heteroatoms. The van der Waals surface area contributed by atoms with Crippen LogP contribution in [0.2, 0.25) is 0 Å². The number of fused-ring (bicyclic) bond motifs is 13. The van der Waals surface area contributed by atoms with E-state index in [9.17, 15) is 0 Å². The van der Waals surface area contributed by atoms with Crippen LogP contribution in [0, 0.1) is 0 Å². The van der Waals surface area contributed by atoms with E-state index in [-0.39, 0.29) is 0 Å². The lowest BCUT2D eigenvalue weighted by molar-refractivity contribution is 0.671. The van der Waals surface area contributed by atoms with Gasteiger partial charge in [-0.25, -0.2) is 9.97 Å². The number of rotatable bonds is 4. The minimum Gasteiger partial charge on any atom is -0.455 e. The zero-order valence-corrected chi connectivity index (χ0v) is 32.9. The second kappa shape index (κ2) is 13.2. The highest BCUT2D eigenvalue weighted by molar-refractivity contribution is 6.28. The molecule has 0 saturated heterocycles. The summed E-state index contributed by atoms with van der Waals surface area (Å²) in [5.41, 5.74) is 12.2. The first-order valence-corrected chi connectivity index (χ1v) is 20.8. The summed E-state index contributed by atoms with van der Waals surface area (Å²) >= 11 is 0. The Morgan fingerprint density at radius 2 is 0.623 bits per heavy atom. The third-order valence-corrected chi connectivity index (χ3v) is 12.6. The molecule has 0 unspecified atom stereocenters. The fourth-order valence-electron chi connectivity index (χ4n) is 9.95. The van der Waals surface area contributed by atoms with Crippen LogP contribution in [0.3, 0.4) is 0 Å². The summed E-state index contributed by atoms with van der Waals surface area (Å²) in [5.74, 6) is 0. The van der Waals surface area contributed by atoms with Gasteiger partial charge in [0, 0.05) is 65.3 Å². The summed E-state index contributed by atoms with van der Waals surface area (Å²) in [6, 6.07) is 73.6. The summed E-state index contributed by atoms with van der Waals surface area (Å²) < 4.78 is 7.28. The second-order valence-corrected chi connectivity index (χ2v) is 15.9. The lowest BCUT2D eigenvalue weighted by Crippen LogP contribution is -1.93. The van der Waals surface area contributed by atoms with Gasteiger partial charge in [-0.15, -0.1) is 0 Å². The molecule has 3 nitrogen and oxygen atoms in total. The van der Waals surface area contributed by atoms with E-state index in [0.717, 1.165) is 99.3 Å². The molecule has 282 valence electrons. The first-order valence-electron chi connectivity index (χ1n) is 20.8. The number of benzene rings is 10. The van der Waals surface area contributed by atoms with Crippen LogP contribution >= 0.6 is 0 Å². The number of furan rings is 1.